The van der Waals surface area contributed by atoms with Gasteiger partial charge in [0.25, 0.3) is 0 Å². The fourth-order valence-electron chi connectivity index (χ4n) is 1.89. The average Bonchev–Trinajstić information content (AvgIpc) is 2.39. The van der Waals surface area contributed by atoms with Crippen molar-refractivity contribution in [2.45, 2.75) is 25.9 Å². The molecular weight excluding hydrogens is 361 g/mol. The van der Waals surface area contributed by atoms with Crippen LogP contribution in [0, 0.1) is 5.92 Å². The molecule has 1 aliphatic rings. The van der Waals surface area contributed by atoms with Gasteiger partial charge in [0.1, 0.15) is 0 Å². The van der Waals surface area contributed by atoms with E-state index < -0.39 is 12.1 Å². The molecule has 0 aromatic rings. The molecule has 1 rings (SSSR count). The average molecular weight is 385 g/mol. The number of piperidine rings is 1. The van der Waals surface area contributed by atoms with Gasteiger partial charge >= 0.3 is 5.97 Å². The Morgan fingerprint density at radius 3 is 2.47 bits per heavy atom. The maximum atomic E-state index is 11.3. The molecule has 1 aliphatic heterocycles. The van der Waals surface area contributed by atoms with Gasteiger partial charge in [-0.3, -0.25) is 0 Å². The Kier molecular flexibility index (Phi) is 9.07. The predicted octanol–water partition coefficient (Wildman–Crippen LogP) is 0.839. The summed E-state index contributed by atoms with van der Waals surface area (Å²) >= 11 is 0. The summed E-state index contributed by atoms with van der Waals surface area (Å²) in [7, 11) is 2.78. The van der Waals surface area contributed by atoms with Crippen molar-refractivity contribution in [3.63, 3.8) is 0 Å². The predicted molar refractivity (Wildman–Crippen MR) is 84.7 cm³/mol. The van der Waals surface area contributed by atoms with E-state index in [-0.39, 0.29) is 30.5 Å². The van der Waals surface area contributed by atoms with Gasteiger partial charge in [-0.05, 0) is 18.8 Å². The summed E-state index contributed by atoms with van der Waals surface area (Å²) in [5.41, 5.74) is 5.91. The number of nitrogens with zero attached hydrogens (tertiary/aromatic N) is 2. The Bertz CT molecular complexity index is 305. The van der Waals surface area contributed by atoms with Gasteiger partial charge in [-0.15, -0.1) is 24.0 Å². The minimum absolute atomic E-state index is 0. The Morgan fingerprint density at radius 1 is 1.42 bits per heavy atom. The quantitative estimate of drug-likeness (QED) is 0.336. The molecule has 112 valence electrons. The van der Waals surface area contributed by atoms with Crippen LogP contribution in [0.4, 0.5) is 0 Å². The van der Waals surface area contributed by atoms with Crippen molar-refractivity contribution < 1.29 is 14.3 Å². The number of hydrogen-bond acceptors (Lipinski definition) is 4. The maximum Gasteiger partial charge on any atom is 0.336 e. The maximum absolute atomic E-state index is 11.3. The molecular formula is C12H24IN3O3. The number of aliphatic imine (C=N–C) groups is 1. The van der Waals surface area contributed by atoms with Crippen molar-refractivity contribution in [3.05, 3.63) is 0 Å². The molecule has 1 fully saturated rings. The van der Waals surface area contributed by atoms with Gasteiger partial charge in [-0.1, -0.05) is 6.92 Å². The second-order valence-corrected chi connectivity index (χ2v) is 4.62. The molecule has 1 atom stereocenters. The highest BCUT2D eigenvalue weighted by molar-refractivity contribution is 14.0. The lowest BCUT2D eigenvalue weighted by atomic mass is 10.00. The normalized spacial score (nSPS) is 18.7. The van der Waals surface area contributed by atoms with Crippen LogP contribution >= 0.6 is 24.0 Å². The van der Waals surface area contributed by atoms with Crippen LogP contribution in [0.5, 0.6) is 0 Å². The zero-order valence-corrected chi connectivity index (χ0v) is 14.1. The zero-order valence-electron chi connectivity index (χ0n) is 11.8. The smallest absolute Gasteiger partial charge is 0.336 e. The highest BCUT2D eigenvalue weighted by Gasteiger charge is 2.20. The van der Waals surface area contributed by atoms with E-state index in [4.69, 9.17) is 10.5 Å². The first-order valence-electron chi connectivity index (χ1n) is 6.24. The fraction of sp³-hybridized carbons (Fsp3) is 0.833. The van der Waals surface area contributed by atoms with Gasteiger partial charge in [0, 0.05) is 20.2 Å². The van der Waals surface area contributed by atoms with Crippen molar-refractivity contribution in [1.29, 1.82) is 0 Å². The van der Waals surface area contributed by atoms with Crippen molar-refractivity contribution in [3.8, 4) is 0 Å². The van der Waals surface area contributed by atoms with Gasteiger partial charge in [0.05, 0.1) is 13.7 Å². The van der Waals surface area contributed by atoms with Crippen LogP contribution in [-0.4, -0.2) is 56.8 Å². The number of likely N-dealkylation sites (tertiary alicyclic amines) is 1. The van der Waals surface area contributed by atoms with Crippen LogP contribution in [0.25, 0.3) is 0 Å². The van der Waals surface area contributed by atoms with E-state index in [1.807, 2.05) is 4.90 Å². The molecule has 6 nitrogen and oxygen atoms in total. The number of carbonyl (C=O) groups is 1. The molecule has 1 unspecified atom stereocenters. The highest BCUT2D eigenvalue weighted by atomic mass is 127. The van der Waals surface area contributed by atoms with E-state index in [1.165, 1.54) is 14.2 Å². The standard InChI is InChI=1S/C12H23N3O3.HI/c1-9-4-6-15(7-5-9)12(13)14-8-10(17-2)11(16)18-3;/h9-10H,4-8H2,1-3H3,(H2,13,14);1H. The number of carbonyl (C=O) groups excluding carboxylic acids is 1. The van der Waals surface area contributed by atoms with Crippen molar-refractivity contribution >= 4 is 35.9 Å². The summed E-state index contributed by atoms with van der Waals surface area (Å²) in [4.78, 5) is 17.6. The van der Waals surface area contributed by atoms with Crippen LogP contribution in [0.15, 0.2) is 4.99 Å². The van der Waals surface area contributed by atoms with Crippen LogP contribution in [0.3, 0.4) is 0 Å². The Morgan fingerprint density at radius 2 is 2.00 bits per heavy atom. The van der Waals surface area contributed by atoms with E-state index in [0.717, 1.165) is 31.8 Å². The lowest BCUT2D eigenvalue weighted by molar-refractivity contribution is -0.151. The molecule has 0 amide bonds. The van der Waals surface area contributed by atoms with Gasteiger partial charge in [-0.2, -0.15) is 0 Å². The Balaban J connectivity index is 0.00000324. The van der Waals surface area contributed by atoms with E-state index in [0.29, 0.717) is 5.96 Å². The third kappa shape index (κ3) is 5.94. The zero-order chi connectivity index (χ0) is 13.5. The number of hydrogen-bond donors (Lipinski definition) is 1. The summed E-state index contributed by atoms with van der Waals surface area (Å²) in [5.74, 6) is 0.796. The number of ether oxygens (including phenoxy) is 2. The Hall–Kier alpha value is -0.570. The van der Waals surface area contributed by atoms with Crippen molar-refractivity contribution in [2.24, 2.45) is 16.6 Å². The molecule has 1 saturated heterocycles. The third-order valence-corrected chi connectivity index (χ3v) is 3.28. The van der Waals surface area contributed by atoms with Crippen LogP contribution < -0.4 is 5.73 Å². The number of nitrogens with two attached hydrogens (primary N) is 1. The van der Waals surface area contributed by atoms with E-state index in [2.05, 4.69) is 16.7 Å². The lowest BCUT2D eigenvalue weighted by Gasteiger charge is -2.31. The van der Waals surface area contributed by atoms with Crippen LogP contribution in [0.2, 0.25) is 0 Å². The molecule has 19 heavy (non-hydrogen) atoms. The number of esters is 1. The molecule has 7 heteroatoms. The summed E-state index contributed by atoms with van der Waals surface area (Å²) in [5, 5.41) is 0. The van der Waals surface area contributed by atoms with Crippen molar-refractivity contribution in [1.82, 2.24) is 4.90 Å². The SMILES string of the molecule is COC(=O)C(CN=C(N)N1CCC(C)CC1)OC.I. The molecule has 2 N–H and O–H groups in total. The first-order chi connectivity index (χ1) is 8.58. The lowest BCUT2D eigenvalue weighted by Crippen LogP contribution is -2.43. The second kappa shape index (κ2) is 9.35. The first-order valence-corrected chi connectivity index (χ1v) is 6.24. The molecule has 0 aromatic carbocycles. The first kappa shape index (κ1) is 18.4. The molecule has 0 bridgehead atoms. The Labute approximate surface area is 131 Å². The van der Waals surface area contributed by atoms with Crippen LogP contribution in [-0.2, 0) is 14.3 Å². The molecule has 0 aromatic heterocycles. The summed E-state index contributed by atoms with van der Waals surface area (Å²) in [6, 6.07) is 0. The molecule has 1 heterocycles. The van der Waals surface area contributed by atoms with E-state index in [9.17, 15) is 4.79 Å². The van der Waals surface area contributed by atoms with Crippen LogP contribution in [0.1, 0.15) is 19.8 Å². The van der Waals surface area contributed by atoms with Crippen molar-refractivity contribution in [2.75, 3.05) is 33.9 Å². The molecule has 0 aliphatic carbocycles. The minimum atomic E-state index is -0.683. The topological polar surface area (TPSA) is 77.1 Å². The summed E-state index contributed by atoms with van der Waals surface area (Å²) in [6.07, 6.45) is 1.57. The number of halogens is 1. The van der Waals surface area contributed by atoms with Gasteiger partial charge in [0.2, 0.25) is 0 Å². The largest absolute Gasteiger partial charge is 0.467 e. The monoisotopic (exact) mass is 385 g/mol. The fourth-order valence-corrected chi connectivity index (χ4v) is 1.89. The third-order valence-electron chi connectivity index (χ3n) is 3.28. The van der Waals surface area contributed by atoms with Gasteiger partial charge < -0.3 is 20.1 Å². The molecule has 0 saturated carbocycles. The minimum Gasteiger partial charge on any atom is -0.467 e. The van der Waals surface area contributed by atoms with E-state index >= 15 is 0 Å². The molecule has 0 radical (unpaired) electrons. The van der Waals surface area contributed by atoms with Gasteiger partial charge in [-0.25, -0.2) is 9.79 Å². The summed E-state index contributed by atoms with van der Waals surface area (Å²) in [6.45, 7) is 4.28. The highest BCUT2D eigenvalue weighted by Crippen LogP contribution is 2.15. The summed E-state index contributed by atoms with van der Waals surface area (Å²) < 4.78 is 9.61. The second-order valence-electron chi connectivity index (χ2n) is 4.62. The van der Waals surface area contributed by atoms with Gasteiger partial charge in [0.15, 0.2) is 12.1 Å². The molecule has 0 spiro atoms. The number of guanidine groups is 1. The number of rotatable bonds is 4. The number of methoxy groups -OCH3 is 2. The van der Waals surface area contributed by atoms with E-state index in [1.54, 1.807) is 0 Å².